The van der Waals surface area contributed by atoms with Crippen molar-refractivity contribution in [1.82, 2.24) is 20.3 Å². The van der Waals surface area contributed by atoms with E-state index in [4.69, 9.17) is 0 Å². The Bertz CT molecular complexity index is 477. The number of amides is 1. The summed E-state index contributed by atoms with van der Waals surface area (Å²) in [6, 6.07) is 0. The van der Waals surface area contributed by atoms with Gasteiger partial charge in [-0.3, -0.25) is 4.79 Å². The maximum Gasteiger partial charge on any atom is 0.239 e. The molecule has 1 saturated heterocycles. The van der Waals surface area contributed by atoms with Gasteiger partial charge in [0.1, 0.15) is 0 Å². The van der Waals surface area contributed by atoms with Gasteiger partial charge in [0.15, 0.2) is 0 Å². The second-order valence-electron chi connectivity index (χ2n) is 4.81. The average Bonchev–Trinajstić information content (AvgIpc) is 2.63. The lowest BCUT2D eigenvalue weighted by molar-refractivity contribution is -0.119. The van der Waals surface area contributed by atoms with E-state index in [1.165, 1.54) is 0 Å². The minimum absolute atomic E-state index is 0.000633. The molecule has 20 heavy (non-hydrogen) atoms. The number of aromatic nitrogens is 3. The highest BCUT2D eigenvalue weighted by Gasteiger charge is 2.19. The van der Waals surface area contributed by atoms with Crippen LogP contribution in [0.3, 0.4) is 0 Å². The van der Waals surface area contributed by atoms with Gasteiger partial charge >= 0.3 is 0 Å². The zero-order chi connectivity index (χ0) is 14.5. The van der Waals surface area contributed by atoms with E-state index in [1.807, 2.05) is 30.8 Å². The lowest BCUT2D eigenvalue weighted by atomic mass is 10.4. The Hall–Kier alpha value is -2.12. The number of carbonyl (C=O) groups excluding carboxylic acids is 1. The molecule has 0 aliphatic carbocycles. The number of hydrogen-bond acceptors (Lipinski definition) is 7. The molecule has 1 fully saturated rings. The number of anilines is 3. The first-order valence-electron chi connectivity index (χ1n) is 6.79. The van der Waals surface area contributed by atoms with Crippen LogP contribution in [0.15, 0.2) is 0 Å². The number of hydrogen-bond donors (Lipinski definition) is 2. The lowest BCUT2D eigenvalue weighted by Gasteiger charge is -2.21. The fourth-order valence-electron chi connectivity index (χ4n) is 1.91. The predicted molar refractivity (Wildman–Crippen MR) is 78.2 cm³/mol. The number of nitrogens with zero attached hydrogens (tertiary/aromatic N) is 5. The first-order valence-corrected chi connectivity index (χ1v) is 6.79. The van der Waals surface area contributed by atoms with Crippen LogP contribution in [0.4, 0.5) is 17.8 Å². The van der Waals surface area contributed by atoms with Gasteiger partial charge in [-0.25, -0.2) is 0 Å². The summed E-state index contributed by atoms with van der Waals surface area (Å²) < 4.78 is 0. The topological polar surface area (TPSA) is 86.3 Å². The minimum atomic E-state index is -0.000633. The van der Waals surface area contributed by atoms with Crippen molar-refractivity contribution in [3.05, 3.63) is 0 Å². The molecule has 2 N–H and O–H groups in total. The van der Waals surface area contributed by atoms with Crippen LogP contribution in [0.25, 0.3) is 0 Å². The molecule has 0 aromatic carbocycles. The van der Waals surface area contributed by atoms with E-state index >= 15 is 0 Å². The summed E-state index contributed by atoms with van der Waals surface area (Å²) >= 11 is 0. The van der Waals surface area contributed by atoms with Gasteiger partial charge in [-0.2, -0.15) is 15.0 Å². The van der Waals surface area contributed by atoms with Crippen LogP contribution in [0.5, 0.6) is 0 Å². The quantitative estimate of drug-likeness (QED) is 0.782. The minimum Gasteiger partial charge on any atom is -0.354 e. The molecule has 1 aromatic heterocycles. The Morgan fingerprint density at radius 1 is 1.35 bits per heavy atom. The van der Waals surface area contributed by atoms with Crippen molar-refractivity contribution in [3.63, 3.8) is 0 Å². The third kappa shape index (κ3) is 3.46. The molecule has 0 spiro atoms. The molecular formula is C12H21N7O. The molecule has 0 radical (unpaired) electrons. The third-order valence-corrected chi connectivity index (χ3v) is 2.89. The molecule has 1 amide bonds. The van der Waals surface area contributed by atoms with Gasteiger partial charge in [-0.1, -0.05) is 0 Å². The molecule has 1 aliphatic rings. The van der Waals surface area contributed by atoms with Gasteiger partial charge in [0.2, 0.25) is 23.8 Å². The molecule has 110 valence electrons. The summed E-state index contributed by atoms with van der Waals surface area (Å²) in [6.45, 7) is 4.44. The Labute approximate surface area is 118 Å². The van der Waals surface area contributed by atoms with Crippen LogP contribution >= 0.6 is 0 Å². The van der Waals surface area contributed by atoms with Crippen molar-refractivity contribution in [1.29, 1.82) is 0 Å². The lowest BCUT2D eigenvalue weighted by Crippen LogP contribution is -2.34. The van der Waals surface area contributed by atoms with Crippen LogP contribution < -0.4 is 20.4 Å². The van der Waals surface area contributed by atoms with Gasteiger partial charge in [0.25, 0.3) is 0 Å². The Morgan fingerprint density at radius 2 is 2.15 bits per heavy atom. The van der Waals surface area contributed by atoms with Gasteiger partial charge in [0.05, 0.1) is 6.54 Å². The monoisotopic (exact) mass is 279 g/mol. The van der Waals surface area contributed by atoms with Crippen molar-refractivity contribution in [2.75, 3.05) is 55.4 Å². The maximum absolute atomic E-state index is 11.6. The van der Waals surface area contributed by atoms with E-state index in [0.29, 0.717) is 24.4 Å². The molecular weight excluding hydrogens is 258 g/mol. The summed E-state index contributed by atoms with van der Waals surface area (Å²) in [4.78, 5) is 28.5. The van der Waals surface area contributed by atoms with Gasteiger partial charge in [-0.15, -0.1) is 0 Å². The number of rotatable bonds is 4. The summed E-state index contributed by atoms with van der Waals surface area (Å²) in [5.41, 5.74) is 0. The van der Waals surface area contributed by atoms with Crippen LogP contribution in [-0.2, 0) is 4.79 Å². The normalized spacial score (nSPS) is 15.6. The van der Waals surface area contributed by atoms with Crippen molar-refractivity contribution in [2.24, 2.45) is 0 Å². The van der Waals surface area contributed by atoms with E-state index in [1.54, 1.807) is 0 Å². The second kappa shape index (κ2) is 6.36. The third-order valence-electron chi connectivity index (χ3n) is 2.89. The highest BCUT2D eigenvalue weighted by Crippen LogP contribution is 2.16. The Morgan fingerprint density at radius 3 is 2.85 bits per heavy atom. The average molecular weight is 279 g/mol. The molecule has 0 saturated carbocycles. The summed E-state index contributed by atoms with van der Waals surface area (Å²) in [5, 5.41) is 5.94. The zero-order valence-electron chi connectivity index (χ0n) is 12.2. The van der Waals surface area contributed by atoms with E-state index in [0.717, 1.165) is 19.5 Å². The zero-order valence-corrected chi connectivity index (χ0v) is 12.2. The molecule has 8 heteroatoms. The fourth-order valence-corrected chi connectivity index (χ4v) is 1.91. The largest absolute Gasteiger partial charge is 0.354 e. The van der Waals surface area contributed by atoms with Gasteiger partial charge in [-0.05, 0) is 13.3 Å². The smallest absolute Gasteiger partial charge is 0.239 e. The first kappa shape index (κ1) is 14.3. The van der Waals surface area contributed by atoms with Crippen molar-refractivity contribution < 1.29 is 4.79 Å². The van der Waals surface area contributed by atoms with Gasteiger partial charge < -0.3 is 20.4 Å². The van der Waals surface area contributed by atoms with Crippen LogP contribution in [0.2, 0.25) is 0 Å². The van der Waals surface area contributed by atoms with E-state index in [-0.39, 0.29) is 12.5 Å². The summed E-state index contributed by atoms with van der Waals surface area (Å²) in [7, 11) is 3.76. The van der Waals surface area contributed by atoms with Crippen LogP contribution in [0.1, 0.15) is 13.3 Å². The SMILES string of the molecule is CCNc1nc(N(C)C)nc(N2CCCNC(=O)C2)n1. The molecule has 0 atom stereocenters. The second-order valence-corrected chi connectivity index (χ2v) is 4.81. The van der Waals surface area contributed by atoms with Crippen molar-refractivity contribution >= 4 is 23.8 Å². The highest BCUT2D eigenvalue weighted by atomic mass is 16.2. The summed E-state index contributed by atoms with van der Waals surface area (Å²) in [6.07, 6.45) is 0.880. The number of nitrogens with one attached hydrogen (secondary N) is 2. The van der Waals surface area contributed by atoms with Crippen LogP contribution in [-0.4, -0.2) is 61.1 Å². The molecule has 2 heterocycles. The molecule has 8 nitrogen and oxygen atoms in total. The number of carbonyl (C=O) groups is 1. The fraction of sp³-hybridized carbons (Fsp3) is 0.667. The Balaban J connectivity index is 2.30. The summed E-state index contributed by atoms with van der Waals surface area (Å²) in [5.74, 6) is 1.65. The highest BCUT2D eigenvalue weighted by molar-refractivity contribution is 5.81. The first-order chi connectivity index (χ1) is 9.60. The van der Waals surface area contributed by atoms with Crippen molar-refractivity contribution in [3.8, 4) is 0 Å². The molecule has 1 aliphatic heterocycles. The molecule has 2 rings (SSSR count). The van der Waals surface area contributed by atoms with E-state index in [9.17, 15) is 4.79 Å². The molecule has 0 bridgehead atoms. The Kier molecular flexibility index (Phi) is 4.54. The van der Waals surface area contributed by atoms with E-state index < -0.39 is 0 Å². The molecule has 1 aromatic rings. The standard InChI is InChI=1S/C12H21N7O/c1-4-13-10-15-11(18(2)3)17-12(16-10)19-7-5-6-14-9(20)8-19/h4-8H2,1-3H3,(H,14,20)(H,13,15,16,17). The van der Waals surface area contributed by atoms with Crippen molar-refractivity contribution in [2.45, 2.75) is 13.3 Å². The van der Waals surface area contributed by atoms with Gasteiger partial charge in [0, 0.05) is 33.7 Å². The van der Waals surface area contributed by atoms with E-state index in [2.05, 4.69) is 25.6 Å². The molecule has 0 unspecified atom stereocenters. The maximum atomic E-state index is 11.6. The predicted octanol–water partition coefficient (Wildman–Crippen LogP) is -0.304. The van der Waals surface area contributed by atoms with Crippen LogP contribution in [0, 0.1) is 0 Å².